The summed E-state index contributed by atoms with van der Waals surface area (Å²) in [6.07, 6.45) is 6.33. The molecule has 2 atom stereocenters. The number of guanidine groups is 2. The number of nitrogens with one attached hydrogen (secondary N) is 2. The van der Waals surface area contributed by atoms with Crippen LogP contribution >= 0.6 is 0 Å². The second-order valence-electron chi connectivity index (χ2n) is 8.42. The maximum atomic E-state index is 14.4. The monoisotopic (exact) mass is 431 g/mol. The summed E-state index contributed by atoms with van der Waals surface area (Å²) in [5.41, 5.74) is 7.02. The van der Waals surface area contributed by atoms with E-state index >= 15 is 0 Å². The van der Waals surface area contributed by atoms with Gasteiger partial charge in [-0.25, -0.2) is 9.38 Å². The van der Waals surface area contributed by atoms with Crippen molar-refractivity contribution in [2.75, 3.05) is 31.6 Å². The van der Waals surface area contributed by atoms with Crippen LogP contribution in [0.5, 0.6) is 5.75 Å². The number of aliphatic imine (C=N–C) groups is 2. The van der Waals surface area contributed by atoms with Crippen LogP contribution in [0.3, 0.4) is 0 Å². The summed E-state index contributed by atoms with van der Waals surface area (Å²) in [7, 11) is 1.45. The van der Waals surface area contributed by atoms with E-state index in [0.29, 0.717) is 36.2 Å². The van der Waals surface area contributed by atoms with Gasteiger partial charge >= 0.3 is 0 Å². The summed E-state index contributed by atoms with van der Waals surface area (Å²) in [6.45, 7) is 4.98. The molecule has 1 aromatic carbocycles. The molecule has 1 aromatic rings. The number of hydrogen-bond acceptors (Lipinski definition) is 6. The zero-order valence-corrected chi connectivity index (χ0v) is 18.5. The molecule has 4 N–H and O–H groups in total. The number of benzene rings is 1. The molecule has 3 aliphatic rings. The average molecular weight is 432 g/mol. The first-order valence-corrected chi connectivity index (χ1v) is 11.4. The summed E-state index contributed by atoms with van der Waals surface area (Å²) in [6, 6.07) is 5.60. The van der Waals surface area contributed by atoms with E-state index in [1.54, 1.807) is 17.0 Å². The van der Waals surface area contributed by atoms with Crippen LogP contribution in [0.2, 0.25) is 0 Å². The Morgan fingerprint density at radius 1 is 1.29 bits per heavy atom. The van der Waals surface area contributed by atoms with Gasteiger partial charge in [-0.2, -0.15) is 0 Å². The molecule has 1 saturated heterocycles. The van der Waals surface area contributed by atoms with Gasteiger partial charge in [-0.3, -0.25) is 25.8 Å². The molecule has 0 bridgehead atoms. The van der Waals surface area contributed by atoms with Crippen molar-refractivity contribution in [2.24, 2.45) is 15.7 Å². The Labute approximate surface area is 183 Å². The number of ether oxygens (including phenoxy) is 1. The quantitative estimate of drug-likeness (QED) is 0.640. The zero-order valence-electron chi connectivity index (χ0n) is 18.5. The summed E-state index contributed by atoms with van der Waals surface area (Å²) < 4.78 is 19.5. The number of rotatable bonds is 6. The summed E-state index contributed by atoms with van der Waals surface area (Å²) in [5, 5.41) is 6.80. The highest BCUT2D eigenvalue weighted by Crippen LogP contribution is 2.26. The molecule has 0 radical (unpaired) electrons. The van der Waals surface area contributed by atoms with E-state index in [1.807, 2.05) is 0 Å². The predicted octanol–water partition coefficient (Wildman–Crippen LogP) is 2.21. The van der Waals surface area contributed by atoms with Crippen LogP contribution < -0.4 is 26.0 Å². The third-order valence-corrected chi connectivity index (χ3v) is 6.45. The van der Waals surface area contributed by atoms with Crippen molar-refractivity contribution in [3.63, 3.8) is 0 Å². The summed E-state index contributed by atoms with van der Waals surface area (Å²) >= 11 is 0. The second kappa shape index (κ2) is 9.82. The Bertz CT molecular complexity index is 824. The molecule has 4 rings (SSSR count). The van der Waals surface area contributed by atoms with E-state index in [2.05, 4.69) is 27.4 Å². The van der Waals surface area contributed by atoms with Gasteiger partial charge in [0.1, 0.15) is 0 Å². The van der Waals surface area contributed by atoms with Gasteiger partial charge in [0.2, 0.25) is 11.9 Å². The van der Waals surface area contributed by atoms with Gasteiger partial charge in [0, 0.05) is 18.2 Å². The first kappa shape index (κ1) is 21.8. The molecule has 8 nitrogen and oxygen atoms in total. The van der Waals surface area contributed by atoms with Crippen LogP contribution in [0.15, 0.2) is 28.2 Å². The number of likely N-dealkylation sites (N-methyl/N-ethyl adjacent to an activating group) is 1. The lowest BCUT2D eigenvalue weighted by molar-refractivity contribution is 0.273. The lowest BCUT2D eigenvalue weighted by Gasteiger charge is -2.35. The third-order valence-electron chi connectivity index (χ3n) is 6.45. The highest BCUT2D eigenvalue weighted by atomic mass is 19.1. The van der Waals surface area contributed by atoms with Gasteiger partial charge in [-0.15, -0.1) is 0 Å². The Morgan fingerprint density at radius 2 is 2.10 bits per heavy atom. The maximum Gasteiger partial charge on any atom is 0.208 e. The van der Waals surface area contributed by atoms with Crippen molar-refractivity contribution in [1.29, 1.82) is 0 Å². The van der Waals surface area contributed by atoms with Crippen molar-refractivity contribution < 1.29 is 9.13 Å². The molecule has 2 unspecified atom stereocenters. The van der Waals surface area contributed by atoms with Gasteiger partial charge in [-0.05, 0) is 50.9 Å². The molecule has 0 amide bonds. The molecule has 0 spiro atoms. The van der Waals surface area contributed by atoms with E-state index in [9.17, 15) is 4.39 Å². The average Bonchev–Trinajstić information content (AvgIpc) is 3.43. The molecule has 1 saturated carbocycles. The fourth-order valence-corrected chi connectivity index (χ4v) is 4.76. The Hall–Kier alpha value is -2.39. The number of hydrogen-bond donors (Lipinski definition) is 3. The van der Waals surface area contributed by atoms with Crippen molar-refractivity contribution in [3.8, 4) is 5.75 Å². The molecule has 2 fully saturated rings. The van der Waals surface area contributed by atoms with E-state index in [-0.39, 0.29) is 5.75 Å². The fraction of sp³-hybridized carbons (Fsp3) is 0.636. The zero-order chi connectivity index (χ0) is 21.8. The van der Waals surface area contributed by atoms with E-state index in [4.69, 9.17) is 15.5 Å². The van der Waals surface area contributed by atoms with Crippen LogP contribution in [0.4, 0.5) is 10.1 Å². The van der Waals surface area contributed by atoms with Crippen molar-refractivity contribution in [2.45, 2.75) is 63.8 Å². The van der Waals surface area contributed by atoms with Crippen molar-refractivity contribution in [3.05, 3.63) is 24.0 Å². The minimum atomic E-state index is -0.706. The lowest BCUT2D eigenvalue weighted by atomic mass is 10.2. The van der Waals surface area contributed by atoms with Crippen LogP contribution in [0.1, 0.15) is 45.4 Å². The Kier molecular flexibility index (Phi) is 6.92. The van der Waals surface area contributed by atoms with Crippen LogP contribution in [-0.2, 0) is 0 Å². The molecule has 2 aliphatic heterocycles. The number of likely N-dealkylation sites (tertiary alicyclic amines) is 1. The van der Waals surface area contributed by atoms with Crippen molar-refractivity contribution in [1.82, 2.24) is 15.5 Å². The standard InChI is InChI=1S/C22H34FN7O/c1-3-29-12-6-9-17(29)14-25-22-28-21(26-15-7-4-5-8-15)27-20(24)30(22)16-10-11-19(31-2)18(23)13-16/h10-11,13,15,17,20H,3-9,12,14,24H2,1-2H3,(H2,25,26,27,28). The number of anilines is 1. The second-order valence-corrected chi connectivity index (χ2v) is 8.42. The molecule has 0 aromatic heterocycles. The highest BCUT2D eigenvalue weighted by molar-refractivity contribution is 6.09. The molecule has 31 heavy (non-hydrogen) atoms. The first-order valence-electron chi connectivity index (χ1n) is 11.4. The molecular weight excluding hydrogens is 397 g/mol. The largest absolute Gasteiger partial charge is 0.494 e. The highest BCUT2D eigenvalue weighted by Gasteiger charge is 2.30. The number of halogens is 1. The third kappa shape index (κ3) is 4.93. The predicted molar refractivity (Wildman–Crippen MR) is 122 cm³/mol. The number of methoxy groups -OCH3 is 1. The molecule has 2 heterocycles. The van der Waals surface area contributed by atoms with E-state index in [0.717, 1.165) is 32.4 Å². The Balaban J connectivity index is 1.60. The van der Waals surface area contributed by atoms with Crippen LogP contribution in [-0.4, -0.2) is 61.9 Å². The molecule has 9 heteroatoms. The van der Waals surface area contributed by atoms with Gasteiger partial charge in [-0.1, -0.05) is 19.8 Å². The smallest absolute Gasteiger partial charge is 0.208 e. The molecule has 170 valence electrons. The molecular formula is C22H34FN7O. The molecule has 1 aliphatic carbocycles. The van der Waals surface area contributed by atoms with Gasteiger partial charge < -0.3 is 10.1 Å². The lowest BCUT2D eigenvalue weighted by Crippen LogP contribution is -2.61. The maximum absolute atomic E-state index is 14.4. The summed E-state index contributed by atoms with van der Waals surface area (Å²) in [5.74, 6) is 0.980. The number of nitrogens with two attached hydrogens (primary N) is 1. The van der Waals surface area contributed by atoms with Crippen molar-refractivity contribution >= 4 is 17.6 Å². The topological polar surface area (TPSA) is 90.5 Å². The van der Waals surface area contributed by atoms with E-state index < -0.39 is 12.1 Å². The number of nitrogens with zero attached hydrogens (tertiary/aromatic N) is 4. The van der Waals surface area contributed by atoms with Gasteiger partial charge in [0.15, 0.2) is 17.9 Å². The van der Waals surface area contributed by atoms with Gasteiger partial charge in [0.05, 0.1) is 19.3 Å². The minimum Gasteiger partial charge on any atom is -0.494 e. The van der Waals surface area contributed by atoms with Gasteiger partial charge in [0.25, 0.3) is 0 Å². The van der Waals surface area contributed by atoms with Crippen LogP contribution in [0.25, 0.3) is 0 Å². The first-order chi connectivity index (χ1) is 15.1. The Morgan fingerprint density at radius 3 is 2.81 bits per heavy atom. The SMILES string of the molecule is CCN1CCCC1CN=C1NC(NC2CCCC2)=NC(N)N1c1ccc(OC)c(F)c1. The van der Waals surface area contributed by atoms with E-state index in [1.165, 1.54) is 32.4 Å². The van der Waals surface area contributed by atoms with Crippen LogP contribution in [0, 0.1) is 5.82 Å². The summed E-state index contributed by atoms with van der Waals surface area (Å²) in [4.78, 5) is 13.7. The fourth-order valence-electron chi connectivity index (χ4n) is 4.76. The minimum absolute atomic E-state index is 0.192. The normalized spacial score (nSPS) is 26.3.